The Balaban J connectivity index is 1.48. The molecule has 0 aliphatic carbocycles. The fourth-order valence-corrected chi connectivity index (χ4v) is 4.69. The number of ether oxygens (including phenoxy) is 2. The summed E-state index contributed by atoms with van der Waals surface area (Å²) in [7, 11) is -0.552. The van der Waals surface area contributed by atoms with Gasteiger partial charge in [-0.05, 0) is 37.3 Å². The summed E-state index contributed by atoms with van der Waals surface area (Å²) in [4.78, 5) is 17.4. The Kier molecular flexibility index (Phi) is 6.57. The number of aryl methyl sites for hydroxylation is 2. The lowest BCUT2D eigenvalue weighted by atomic mass is 10.2. The van der Waals surface area contributed by atoms with Crippen LogP contribution in [0.4, 0.5) is 5.69 Å². The van der Waals surface area contributed by atoms with Gasteiger partial charge in [0.2, 0.25) is 15.9 Å². The van der Waals surface area contributed by atoms with Crippen LogP contribution in [0.3, 0.4) is 0 Å². The number of carbonyl (C=O) groups excluding carboxylic acids is 1. The number of fused-ring (bicyclic) bond motifs is 2. The molecular formula is C23H28N4O5S. The largest absolute Gasteiger partial charge is 0.490 e. The molecule has 0 saturated carbocycles. The standard InChI is InChI=1S/C23H28N4O5S/c1-4-27-19-8-7-17(33(29,30)26(2)3)15-18(19)25-22(27)10-11-23(28)24-16-6-9-20-21(14-16)32-13-5-12-31-20/h6-9,14-15H,4-5,10-13H2,1-3H3,(H,24,28). The summed E-state index contributed by atoms with van der Waals surface area (Å²) in [6.45, 7) is 3.84. The molecule has 9 nitrogen and oxygen atoms in total. The monoisotopic (exact) mass is 472 g/mol. The molecule has 2 heterocycles. The molecule has 0 fully saturated rings. The number of rotatable bonds is 7. The molecule has 0 bridgehead atoms. The molecule has 4 rings (SSSR count). The van der Waals surface area contributed by atoms with Crippen LogP contribution in [0.25, 0.3) is 11.0 Å². The van der Waals surface area contributed by atoms with Crippen LogP contribution in [-0.2, 0) is 27.8 Å². The topological polar surface area (TPSA) is 103 Å². The Morgan fingerprint density at radius 3 is 2.61 bits per heavy atom. The van der Waals surface area contributed by atoms with Crippen molar-refractivity contribution in [1.82, 2.24) is 13.9 Å². The second-order valence-electron chi connectivity index (χ2n) is 7.97. The fourth-order valence-electron chi connectivity index (χ4n) is 3.76. The summed E-state index contributed by atoms with van der Waals surface area (Å²) >= 11 is 0. The van der Waals surface area contributed by atoms with E-state index in [-0.39, 0.29) is 17.2 Å². The molecule has 0 saturated heterocycles. The van der Waals surface area contributed by atoms with Crippen LogP contribution in [0.2, 0.25) is 0 Å². The van der Waals surface area contributed by atoms with Gasteiger partial charge in [0.1, 0.15) is 5.82 Å². The van der Waals surface area contributed by atoms with Gasteiger partial charge >= 0.3 is 0 Å². The van der Waals surface area contributed by atoms with Gasteiger partial charge in [-0.15, -0.1) is 0 Å². The Morgan fingerprint density at radius 2 is 1.88 bits per heavy atom. The number of hydrogen-bond acceptors (Lipinski definition) is 6. The highest BCUT2D eigenvalue weighted by Crippen LogP contribution is 2.32. The van der Waals surface area contributed by atoms with Gasteiger partial charge < -0.3 is 19.4 Å². The lowest BCUT2D eigenvalue weighted by molar-refractivity contribution is -0.116. The number of sulfonamides is 1. The highest BCUT2D eigenvalue weighted by molar-refractivity contribution is 7.89. The average Bonchev–Trinajstić information content (AvgIpc) is 2.97. The van der Waals surface area contributed by atoms with Crippen molar-refractivity contribution in [2.45, 2.75) is 37.6 Å². The van der Waals surface area contributed by atoms with E-state index in [0.29, 0.717) is 48.9 Å². The molecule has 0 unspecified atom stereocenters. The fraction of sp³-hybridized carbons (Fsp3) is 0.391. The zero-order valence-corrected chi connectivity index (χ0v) is 19.8. The first-order chi connectivity index (χ1) is 15.8. The zero-order valence-electron chi connectivity index (χ0n) is 19.0. The molecule has 0 atom stereocenters. The zero-order chi connectivity index (χ0) is 23.6. The lowest BCUT2D eigenvalue weighted by Crippen LogP contribution is -2.22. The second-order valence-corrected chi connectivity index (χ2v) is 10.1. The van der Waals surface area contributed by atoms with Crippen LogP contribution in [0.5, 0.6) is 11.5 Å². The van der Waals surface area contributed by atoms with Crippen molar-refractivity contribution in [3.63, 3.8) is 0 Å². The highest BCUT2D eigenvalue weighted by Gasteiger charge is 2.20. The number of benzene rings is 2. The van der Waals surface area contributed by atoms with E-state index in [0.717, 1.165) is 17.8 Å². The number of aromatic nitrogens is 2. The second kappa shape index (κ2) is 9.40. The highest BCUT2D eigenvalue weighted by atomic mass is 32.2. The summed E-state index contributed by atoms with van der Waals surface area (Å²) in [5, 5.41) is 2.90. The van der Waals surface area contributed by atoms with Gasteiger partial charge in [-0.25, -0.2) is 17.7 Å². The van der Waals surface area contributed by atoms with Gasteiger partial charge in [-0.3, -0.25) is 4.79 Å². The summed E-state index contributed by atoms with van der Waals surface area (Å²) in [6, 6.07) is 10.3. The number of nitrogens with one attached hydrogen (secondary N) is 1. The number of imidazole rings is 1. The van der Waals surface area contributed by atoms with Crippen LogP contribution in [0.15, 0.2) is 41.3 Å². The number of anilines is 1. The minimum Gasteiger partial charge on any atom is -0.490 e. The Hall–Kier alpha value is -3.11. The molecule has 3 aromatic rings. The maximum Gasteiger partial charge on any atom is 0.242 e. The normalized spacial score (nSPS) is 13.8. The van der Waals surface area contributed by atoms with Gasteiger partial charge in [0.25, 0.3) is 0 Å². The summed E-state index contributed by atoms with van der Waals surface area (Å²) < 4.78 is 39.4. The first-order valence-electron chi connectivity index (χ1n) is 10.9. The maximum atomic E-state index is 12.6. The van der Waals surface area contributed by atoms with Crippen molar-refractivity contribution in [2.75, 3.05) is 32.6 Å². The third-order valence-electron chi connectivity index (χ3n) is 5.50. The predicted octanol–water partition coefficient (Wildman–Crippen LogP) is 3.04. The van der Waals surface area contributed by atoms with E-state index in [1.54, 1.807) is 36.4 Å². The van der Waals surface area contributed by atoms with Gasteiger partial charge in [0, 0.05) is 51.7 Å². The molecule has 0 radical (unpaired) electrons. The molecule has 176 valence electrons. The minimum atomic E-state index is -3.55. The molecule has 2 aromatic carbocycles. The average molecular weight is 473 g/mol. The lowest BCUT2D eigenvalue weighted by Gasteiger charge is -2.11. The van der Waals surface area contributed by atoms with Crippen LogP contribution >= 0.6 is 0 Å². The van der Waals surface area contributed by atoms with Crippen molar-refractivity contribution >= 4 is 32.7 Å². The Labute approximate surface area is 193 Å². The summed E-state index contributed by atoms with van der Waals surface area (Å²) in [6.07, 6.45) is 1.48. The first-order valence-corrected chi connectivity index (χ1v) is 12.3. The van der Waals surface area contributed by atoms with E-state index in [9.17, 15) is 13.2 Å². The van der Waals surface area contributed by atoms with E-state index in [4.69, 9.17) is 9.47 Å². The van der Waals surface area contributed by atoms with Crippen molar-refractivity contribution in [2.24, 2.45) is 0 Å². The summed E-state index contributed by atoms with van der Waals surface area (Å²) in [5.41, 5.74) is 2.08. The minimum absolute atomic E-state index is 0.143. The molecule has 1 aromatic heterocycles. The molecule has 1 N–H and O–H groups in total. The van der Waals surface area contributed by atoms with E-state index in [2.05, 4.69) is 10.3 Å². The maximum absolute atomic E-state index is 12.6. The third-order valence-corrected chi connectivity index (χ3v) is 7.31. The number of carbonyl (C=O) groups is 1. The van der Waals surface area contributed by atoms with Crippen molar-refractivity contribution in [3.8, 4) is 11.5 Å². The number of hydrogen-bond donors (Lipinski definition) is 1. The first kappa shape index (κ1) is 23.1. The van der Waals surface area contributed by atoms with Crippen LogP contribution in [-0.4, -0.2) is 55.5 Å². The van der Waals surface area contributed by atoms with Gasteiger partial charge in [0.05, 0.1) is 29.1 Å². The molecule has 1 amide bonds. The molecule has 1 aliphatic heterocycles. The molecule has 33 heavy (non-hydrogen) atoms. The summed E-state index contributed by atoms with van der Waals surface area (Å²) in [5.74, 6) is 1.90. The van der Waals surface area contributed by atoms with E-state index in [1.807, 2.05) is 11.5 Å². The van der Waals surface area contributed by atoms with Crippen molar-refractivity contribution in [1.29, 1.82) is 0 Å². The smallest absolute Gasteiger partial charge is 0.242 e. The number of amides is 1. The van der Waals surface area contributed by atoms with E-state index >= 15 is 0 Å². The van der Waals surface area contributed by atoms with Crippen molar-refractivity contribution in [3.05, 3.63) is 42.2 Å². The molecule has 1 aliphatic rings. The SMILES string of the molecule is CCn1c(CCC(=O)Nc2ccc3c(c2)OCCCO3)nc2cc(S(=O)(=O)N(C)C)ccc21. The van der Waals surface area contributed by atoms with E-state index in [1.165, 1.54) is 18.4 Å². The molecule has 10 heteroatoms. The molecule has 0 spiro atoms. The molecular weight excluding hydrogens is 444 g/mol. The van der Waals surface area contributed by atoms with Gasteiger partial charge in [-0.1, -0.05) is 0 Å². The van der Waals surface area contributed by atoms with Crippen LogP contribution < -0.4 is 14.8 Å². The van der Waals surface area contributed by atoms with Gasteiger partial charge in [-0.2, -0.15) is 0 Å². The van der Waals surface area contributed by atoms with Crippen LogP contribution in [0.1, 0.15) is 25.6 Å². The third kappa shape index (κ3) is 4.81. The predicted molar refractivity (Wildman–Crippen MR) is 125 cm³/mol. The van der Waals surface area contributed by atoms with Gasteiger partial charge in [0.15, 0.2) is 11.5 Å². The number of nitrogens with zero attached hydrogens (tertiary/aromatic N) is 3. The Morgan fingerprint density at radius 1 is 1.12 bits per heavy atom. The quantitative estimate of drug-likeness (QED) is 0.567. The van der Waals surface area contributed by atoms with Crippen LogP contribution in [0, 0.1) is 0 Å². The van der Waals surface area contributed by atoms with E-state index < -0.39 is 10.0 Å². The Bertz CT molecular complexity index is 1280. The van der Waals surface area contributed by atoms with Crippen molar-refractivity contribution < 1.29 is 22.7 Å².